The normalized spacial score (nSPS) is 20.0. The maximum atomic E-state index is 12.3. The maximum Gasteiger partial charge on any atom is 0.324 e. The van der Waals surface area contributed by atoms with Gasteiger partial charge in [0.25, 0.3) is 0 Å². The molecule has 1 aliphatic rings. The van der Waals surface area contributed by atoms with Gasteiger partial charge in [0, 0.05) is 12.1 Å². The van der Waals surface area contributed by atoms with E-state index in [0.717, 1.165) is 4.31 Å². The Morgan fingerprint density at radius 1 is 1.65 bits per heavy atom. The summed E-state index contributed by atoms with van der Waals surface area (Å²) in [5.41, 5.74) is 0.681. The molecular formula is C11H18N4O4S. The van der Waals surface area contributed by atoms with Crippen molar-refractivity contribution >= 4 is 22.0 Å². The highest BCUT2D eigenvalue weighted by molar-refractivity contribution is 7.90. The average molecular weight is 302 g/mol. The SMILES string of the molecule is CCOC(=O)C1CCCN1S(=O)(=O)Nc1[nH]ncc1C. The number of aromatic nitrogens is 2. The molecule has 9 heteroatoms. The Kier molecular flexibility index (Phi) is 4.29. The number of ether oxygens (including phenoxy) is 1. The van der Waals surface area contributed by atoms with Crippen molar-refractivity contribution in [3.8, 4) is 0 Å². The Labute approximate surface area is 117 Å². The van der Waals surface area contributed by atoms with Crippen molar-refractivity contribution in [1.29, 1.82) is 0 Å². The molecule has 1 unspecified atom stereocenters. The van der Waals surface area contributed by atoms with Crippen LogP contribution in [0.5, 0.6) is 0 Å². The molecule has 2 N–H and O–H groups in total. The molecule has 1 aromatic heterocycles. The summed E-state index contributed by atoms with van der Waals surface area (Å²) < 4.78 is 33.1. The van der Waals surface area contributed by atoms with Gasteiger partial charge < -0.3 is 4.74 Å². The predicted molar refractivity (Wildman–Crippen MR) is 72.2 cm³/mol. The van der Waals surface area contributed by atoms with Crippen LogP contribution >= 0.6 is 0 Å². The standard InChI is InChI=1S/C11H18N4O4S/c1-3-19-11(16)9-5-4-6-15(9)20(17,18)14-10-8(2)7-12-13-10/h7,9H,3-6H2,1-2H3,(H2,12,13,14). The van der Waals surface area contributed by atoms with Gasteiger partial charge in [-0.3, -0.25) is 14.6 Å². The van der Waals surface area contributed by atoms with Gasteiger partial charge in [0.05, 0.1) is 12.8 Å². The number of nitrogens with zero attached hydrogens (tertiary/aromatic N) is 2. The van der Waals surface area contributed by atoms with E-state index in [1.54, 1.807) is 13.8 Å². The number of aromatic amines is 1. The Bertz CT molecular complexity index is 583. The Balaban J connectivity index is 2.16. The number of hydrogen-bond acceptors (Lipinski definition) is 5. The number of carbonyl (C=O) groups is 1. The zero-order valence-corrected chi connectivity index (χ0v) is 12.2. The van der Waals surface area contributed by atoms with E-state index >= 15 is 0 Å². The quantitative estimate of drug-likeness (QED) is 0.766. The van der Waals surface area contributed by atoms with Crippen molar-refractivity contribution in [2.45, 2.75) is 32.7 Å². The van der Waals surface area contributed by atoms with Crippen LogP contribution in [0.25, 0.3) is 0 Å². The molecule has 1 aromatic rings. The van der Waals surface area contributed by atoms with E-state index in [4.69, 9.17) is 4.74 Å². The minimum atomic E-state index is -3.81. The van der Waals surface area contributed by atoms with Crippen molar-refractivity contribution < 1.29 is 17.9 Å². The molecule has 20 heavy (non-hydrogen) atoms. The lowest BCUT2D eigenvalue weighted by Crippen LogP contribution is -2.44. The Morgan fingerprint density at radius 3 is 3.00 bits per heavy atom. The van der Waals surface area contributed by atoms with Crippen LogP contribution in [0.1, 0.15) is 25.3 Å². The van der Waals surface area contributed by atoms with Crippen LogP contribution in [0.2, 0.25) is 0 Å². The molecule has 2 rings (SSSR count). The first-order valence-electron chi connectivity index (χ1n) is 6.42. The molecule has 0 amide bonds. The van der Waals surface area contributed by atoms with Crippen LogP contribution in [0, 0.1) is 6.92 Å². The number of esters is 1. The van der Waals surface area contributed by atoms with Crippen molar-refractivity contribution in [2.75, 3.05) is 17.9 Å². The fourth-order valence-electron chi connectivity index (χ4n) is 2.14. The zero-order valence-electron chi connectivity index (χ0n) is 11.4. The Morgan fingerprint density at radius 2 is 2.40 bits per heavy atom. The number of aryl methyl sites for hydroxylation is 1. The summed E-state index contributed by atoms with van der Waals surface area (Å²) in [5, 5.41) is 6.33. The van der Waals surface area contributed by atoms with E-state index in [0.29, 0.717) is 30.8 Å². The van der Waals surface area contributed by atoms with Gasteiger partial charge in [-0.05, 0) is 26.7 Å². The second-order valence-electron chi connectivity index (χ2n) is 4.56. The number of nitrogens with one attached hydrogen (secondary N) is 2. The first kappa shape index (κ1) is 14.8. The van der Waals surface area contributed by atoms with Crippen LogP contribution in [-0.2, 0) is 19.7 Å². The average Bonchev–Trinajstić information content (AvgIpc) is 2.99. The molecule has 0 saturated carbocycles. The largest absolute Gasteiger partial charge is 0.465 e. The highest BCUT2D eigenvalue weighted by Crippen LogP contribution is 2.23. The fourth-order valence-corrected chi connectivity index (χ4v) is 3.62. The van der Waals surface area contributed by atoms with Crippen LogP contribution in [-0.4, -0.2) is 48.1 Å². The summed E-state index contributed by atoms with van der Waals surface area (Å²) in [4.78, 5) is 11.8. The molecule has 1 atom stereocenters. The molecule has 112 valence electrons. The zero-order chi connectivity index (χ0) is 14.8. The van der Waals surface area contributed by atoms with Crippen molar-refractivity contribution in [3.05, 3.63) is 11.8 Å². The lowest BCUT2D eigenvalue weighted by atomic mass is 10.2. The van der Waals surface area contributed by atoms with Crippen LogP contribution < -0.4 is 4.72 Å². The molecule has 0 aromatic carbocycles. The topological polar surface area (TPSA) is 104 Å². The summed E-state index contributed by atoms with van der Waals surface area (Å²) in [7, 11) is -3.81. The number of rotatable bonds is 5. The molecule has 1 fully saturated rings. The van der Waals surface area contributed by atoms with E-state index < -0.39 is 22.2 Å². The molecule has 8 nitrogen and oxygen atoms in total. The molecule has 1 saturated heterocycles. The summed E-state index contributed by atoms with van der Waals surface area (Å²) in [6, 6.07) is -0.754. The molecule has 2 heterocycles. The van der Waals surface area contributed by atoms with Gasteiger partial charge in [0.1, 0.15) is 11.9 Å². The lowest BCUT2D eigenvalue weighted by Gasteiger charge is -2.22. The third kappa shape index (κ3) is 2.93. The number of anilines is 1. The van der Waals surface area contributed by atoms with E-state index in [1.165, 1.54) is 6.20 Å². The van der Waals surface area contributed by atoms with Crippen LogP contribution in [0.15, 0.2) is 6.20 Å². The predicted octanol–water partition coefficient (Wildman–Crippen LogP) is 0.402. The van der Waals surface area contributed by atoms with E-state index in [-0.39, 0.29) is 6.61 Å². The highest BCUT2D eigenvalue weighted by atomic mass is 32.2. The molecule has 1 aliphatic heterocycles. The molecule has 0 radical (unpaired) electrons. The fraction of sp³-hybridized carbons (Fsp3) is 0.636. The third-order valence-corrected chi connectivity index (χ3v) is 4.65. The first-order valence-corrected chi connectivity index (χ1v) is 7.86. The van der Waals surface area contributed by atoms with Crippen LogP contribution in [0.3, 0.4) is 0 Å². The van der Waals surface area contributed by atoms with Crippen molar-refractivity contribution in [3.63, 3.8) is 0 Å². The van der Waals surface area contributed by atoms with E-state index in [1.807, 2.05) is 0 Å². The van der Waals surface area contributed by atoms with E-state index in [2.05, 4.69) is 14.9 Å². The Hall–Kier alpha value is -1.61. The number of carbonyl (C=O) groups excluding carboxylic acids is 1. The minimum Gasteiger partial charge on any atom is -0.465 e. The summed E-state index contributed by atoms with van der Waals surface area (Å²) >= 11 is 0. The molecule has 0 aliphatic carbocycles. The smallest absolute Gasteiger partial charge is 0.324 e. The second-order valence-corrected chi connectivity index (χ2v) is 6.18. The molecule has 0 spiro atoms. The first-order chi connectivity index (χ1) is 9.45. The van der Waals surface area contributed by atoms with Gasteiger partial charge in [-0.1, -0.05) is 0 Å². The maximum absolute atomic E-state index is 12.3. The number of hydrogen-bond donors (Lipinski definition) is 2. The summed E-state index contributed by atoms with van der Waals surface area (Å²) in [6.45, 7) is 3.95. The van der Waals surface area contributed by atoms with Crippen molar-refractivity contribution in [1.82, 2.24) is 14.5 Å². The van der Waals surface area contributed by atoms with Crippen LogP contribution in [0.4, 0.5) is 5.82 Å². The molecule has 0 bridgehead atoms. The number of H-pyrrole nitrogens is 1. The van der Waals surface area contributed by atoms with Gasteiger partial charge in [-0.25, -0.2) is 0 Å². The van der Waals surface area contributed by atoms with E-state index in [9.17, 15) is 13.2 Å². The van der Waals surface area contributed by atoms with Crippen molar-refractivity contribution in [2.24, 2.45) is 0 Å². The summed E-state index contributed by atoms with van der Waals surface area (Å²) in [5.74, 6) is -0.198. The monoisotopic (exact) mass is 302 g/mol. The second kappa shape index (κ2) is 5.80. The van der Waals surface area contributed by atoms with Gasteiger partial charge in [-0.15, -0.1) is 0 Å². The summed E-state index contributed by atoms with van der Waals surface area (Å²) in [6.07, 6.45) is 2.62. The third-order valence-electron chi connectivity index (χ3n) is 3.13. The van der Waals surface area contributed by atoms with Gasteiger partial charge >= 0.3 is 16.2 Å². The minimum absolute atomic E-state index is 0.232. The lowest BCUT2D eigenvalue weighted by molar-refractivity contribution is -0.146. The van der Waals surface area contributed by atoms with Gasteiger partial charge in [0.15, 0.2) is 0 Å². The highest BCUT2D eigenvalue weighted by Gasteiger charge is 2.39. The van der Waals surface area contributed by atoms with Gasteiger partial charge in [-0.2, -0.15) is 17.8 Å². The van der Waals surface area contributed by atoms with Gasteiger partial charge in [0.2, 0.25) is 0 Å². The molecular weight excluding hydrogens is 284 g/mol.